The van der Waals surface area contributed by atoms with Crippen molar-refractivity contribution in [3.05, 3.63) is 193 Å². The Bertz CT molecular complexity index is 2290. The zero-order chi connectivity index (χ0) is 30.9. The van der Waals surface area contributed by atoms with E-state index in [1.54, 1.807) is 0 Å². The van der Waals surface area contributed by atoms with Crippen LogP contribution < -0.4 is 0 Å². The van der Waals surface area contributed by atoms with Gasteiger partial charge in [-0.25, -0.2) is 9.98 Å². The Hall–Kier alpha value is -6.19. The molecule has 46 heavy (non-hydrogen) atoms. The first-order valence-corrected chi connectivity index (χ1v) is 15.4. The molecule has 0 saturated heterocycles. The van der Waals surface area contributed by atoms with E-state index in [2.05, 4.69) is 121 Å². The molecule has 0 spiro atoms. The van der Waals surface area contributed by atoms with Crippen LogP contribution in [0.25, 0.3) is 49.5 Å². The summed E-state index contributed by atoms with van der Waals surface area (Å²) in [7, 11) is 0. The SMILES string of the molecule is C=C1C=C(c2cccc(-c3c4ccccc4c(-c4cccnc4)c4ccccc34)c2)N=C(c2ccccc2)N=C1c1ccccc1. The third kappa shape index (κ3) is 4.94. The third-order valence-corrected chi connectivity index (χ3v) is 8.47. The fourth-order valence-electron chi connectivity index (χ4n) is 6.39. The van der Waals surface area contributed by atoms with Crippen LogP contribution in [0, 0.1) is 0 Å². The number of hydrogen-bond donors (Lipinski definition) is 0. The van der Waals surface area contributed by atoms with Crippen molar-refractivity contribution in [2.75, 3.05) is 0 Å². The maximum absolute atomic E-state index is 5.18. The highest BCUT2D eigenvalue weighted by Crippen LogP contribution is 2.43. The first-order chi connectivity index (χ1) is 22.7. The van der Waals surface area contributed by atoms with Crippen molar-refractivity contribution in [1.82, 2.24) is 4.98 Å². The number of amidine groups is 1. The summed E-state index contributed by atoms with van der Waals surface area (Å²) in [5, 5.41) is 4.78. The van der Waals surface area contributed by atoms with Crippen molar-refractivity contribution in [2.45, 2.75) is 0 Å². The highest BCUT2D eigenvalue weighted by Gasteiger charge is 2.19. The molecular formula is C43H29N3. The molecule has 3 heteroatoms. The minimum Gasteiger partial charge on any atom is -0.264 e. The van der Waals surface area contributed by atoms with Gasteiger partial charge in [-0.15, -0.1) is 0 Å². The fraction of sp³-hybridized carbons (Fsp3) is 0. The van der Waals surface area contributed by atoms with Crippen LogP contribution in [-0.2, 0) is 0 Å². The number of pyridine rings is 1. The molecule has 8 rings (SSSR count). The third-order valence-electron chi connectivity index (χ3n) is 8.47. The summed E-state index contributed by atoms with van der Waals surface area (Å²) in [5.74, 6) is 0.659. The van der Waals surface area contributed by atoms with E-state index in [1.165, 1.54) is 32.7 Å². The molecule has 0 N–H and O–H groups in total. The number of rotatable bonds is 5. The van der Waals surface area contributed by atoms with E-state index in [0.717, 1.165) is 44.8 Å². The number of aliphatic imine (C=N–C) groups is 2. The normalized spacial score (nSPS) is 13.2. The van der Waals surface area contributed by atoms with Crippen molar-refractivity contribution in [2.24, 2.45) is 9.98 Å². The Morgan fingerprint density at radius 3 is 1.57 bits per heavy atom. The molecule has 1 aliphatic rings. The van der Waals surface area contributed by atoms with Gasteiger partial charge in [0, 0.05) is 34.6 Å². The highest BCUT2D eigenvalue weighted by molar-refractivity contribution is 6.23. The van der Waals surface area contributed by atoms with Crippen LogP contribution in [0.2, 0.25) is 0 Å². The number of benzene rings is 6. The van der Waals surface area contributed by atoms with E-state index in [-0.39, 0.29) is 0 Å². The maximum Gasteiger partial charge on any atom is 0.160 e. The average Bonchev–Trinajstić information content (AvgIpc) is 3.30. The van der Waals surface area contributed by atoms with Crippen LogP contribution in [0.1, 0.15) is 16.7 Å². The first kappa shape index (κ1) is 27.4. The smallest absolute Gasteiger partial charge is 0.160 e. The predicted octanol–water partition coefficient (Wildman–Crippen LogP) is 10.6. The summed E-state index contributed by atoms with van der Waals surface area (Å²) in [6, 6.07) is 50.5. The number of aromatic nitrogens is 1. The van der Waals surface area contributed by atoms with Crippen LogP contribution in [0.3, 0.4) is 0 Å². The van der Waals surface area contributed by atoms with Gasteiger partial charge in [0.15, 0.2) is 5.84 Å². The Balaban J connectivity index is 1.33. The average molecular weight is 588 g/mol. The van der Waals surface area contributed by atoms with Crippen LogP contribution >= 0.6 is 0 Å². The van der Waals surface area contributed by atoms with Crippen LogP contribution in [0.5, 0.6) is 0 Å². The molecule has 1 aromatic heterocycles. The lowest BCUT2D eigenvalue weighted by atomic mass is 9.86. The van der Waals surface area contributed by atoms with Gasteiger partial charge in [-0.3, -0.25) is 4.98 Å². The van der Waals surface area contributed by atoms with Gasteiger partial charge in [-0.2, -0.15) is 0 Å². The molecule has 0 amide bonds. The summed E-state index contributed by atoms with van der Waals surface area (Å²) >= 11 is 0. The quantitative estimate of drug-likeness (QED) is 0.185. The summed E-state index contributed by atoms with van der Waals surface area (Å²) < 4.78 is 0. The van der Waals surface area contributed by atoms with E-state index in [1.807, 2.05) is 54.9 Å². The minimum absolute atomic E-state index is 0.659. The van der Waals surface area contributed by atoms with Gasteiger partial charge in [0.25, 0.3) is 0 Å². The monoisotopic (exact) mass is 587 g/mol. The summed E-state index contributed by atoms with van der Waals surface area (Å²) in [6.07, 6.45) is 5.83. The molecule has 0 saturated carbocycles. The van der Waals surface area contributed by atoms with Gasteiger partial charge in [-0.05, 0) is 62.0 Å². The summed E-state index contributed by atoms with van der Waals surface area (Å²) in [5.41, 5.74) is 10.0. The van der Waals surface area contributed by atoms with Crippen molar-refractivity contribution in [3.8, 4) is 22.3 Å². The molecule has 0 atom stereocenters. The maximum atomic E-state index is 5.18. The van der Waals surface area contributed by atoms with E-state index in [9.17, 15) is 0 Å². The molecule has 0 bridgehead atoms. The largest absolute Gasteiger partial charge is 0.264 e. The summed E-state index contributed by atoms with van der Waals surface area (Å²) in [6.45, 7) is 4.45. The molecule has 0 unspecified atom stereocenters. The number of hydrogen-bond acceptors (Lipinski definition) is 3. The lowest BCUT2D eigenvalue weighted by Gasteiger charge is -2.18. The standard InChI is InChI=1S/C43H29N3/c1-29-26-39(45-43(31-16-6-3-7-17-31)46-42(29)30-14-4-2-5-15-30)32-18-12-19-33(27-32)40-35-21-8-10-23-37(35)41(34-20-13-25-44-28-34)38-24-11-9-22-36(38)40/h2-28H,1H2. The number of nitrogens with zero attached hydrogens (tertiary/aromatic N) is 3. The molecule has 0 radical (unpaired) electrons. The van der Waals surface area contributed by atoms with Gasteiger partial charge in [0.1, 0.15) is 0 Å². The van der Waals surface area contributed by atoms with Crippen LogP contribution in [-0.4, -0.2) is 16.5 Å². The molecule has 216 valence electrons. The summed E-state index contributed by atoms with van der Waals surface area (Å²) in [4.78, 5) is 14.7. The van der Waals surface area contributed by atoms with Crippen molar-refractivity contribution in [3.63, 3.8) is 0 Å². The van der Waals surface area contributed by atoms with E-state index < -0.39 is 0 Å². The lowest BCUT2D eigenvalue weighted by Crippen LogP contribution is -2.06. The van der Waals surface area contributed by atoms with Crippen molar-refractivity contribution in [1.29, 1.82) is 0 Å². The topological polar surface area (TPSA) is 37.6 Å². The van der Waals surface area contributed by atoms with Gasteiger partial charge >= 0.3 is 0 Å². The van der Waals surface area contributed by atoms with Gasteiger partial charge in [0.05, 0.1) is 11.4 Å². The van der Waals surface area contributed by atoms with Crippen molar-refractivity contribution < 1.29 is 0 Å². The lowest BCUT2D eigenvalue weighted by molar-refractivity contribution is 1.33. The van der Waals surface area contributed by atoms with Crippen molar-refractivity contribution >= 4 is 38.8 Å². The Morgan fingerprint density at radius 1 is 0.435 bits per heavy atom. The number of allylic oxidation sites excluding steroid dienone is 2. The van der Waals surface area contributed by atoms with Gasteiger partial charge in [0.2, 0.25) is 0 Å². The molecule has 6 aromatic carbocycles. The molecular weight excluding hydrogens is 558 g/mol. The molecule has 2 heterocycles. The second-order valence-electron chi connectivity index (χ2n) is 11.3. The zero-order valence-corrected chi connectivity index (χ0v) is 25.1. The predicted molar refractivity (Wildman–Crippen MR) is 193 cm³/mol. The van der Waals surface area contributed by atoms with Gasteiger partial charge < -0.3 is 0 Å². The molecule has 1 aliphatic heterocycles. The van der Waals surface area contributed by atoms with Gasteiger partial charge in [-0.1, -0.05) is 140 Å². The van der Waals surface area contributed by atoms with E-state index >= 15 is 0 Å². The minimum atomic E-state index is 0.659. The Labute approximate surface area is 268 Å². The fourth-order valence-corrected chi connectivity index (χ4v) is 6.39. The van der Waals surface area contributed by atoms with E-state index in [4.69, 9.17) is 9.98 Å². The second-order valence-corrected chi connectivity index (χ2v) is 11.3. The highest BCUT2D eigenvalue weighted by atomic mass is 14.9. The molecule has 0 fully saturated rings. The molecule has 3 nitrogen and oxygen atoms in total. The zero-order valence-electron chi connectivity index (χ0n) is 25.1. The Morgan fingerprint density at radius 2 is 0.957 bits per heavy atom. The Kier molecular flexibility index (Phi) is 6.97. The number of fused-ring (bicyclic) bond motifs is 2. The molecule has 7 aromatic rings. The van der Waals surface area contributed by atoms with Crippen LogP contribution in [0.15, 0.2) is 186 Å². The first-order valence-electron chi connectivity index (χ1n) is 15.4. The molecule has 0 aliphatic carbocycles. The van der Waals surface area contributed by atoms with Crippen LogP contribution in [0.4, 0.5) is 0 Å². The van der Waals surface area contributed by atoms with E-state index in [0.29, 0.717) is 5.84 Å². The second kappa shape index (κ2) is 11.7.